The number of aldehydes is 1. The van der Waals surface area contributed by atoms with Crippen LogP contribution in [0.4, 0.5) is 0 Å². The highest BCUT2D eigenvalue weighted by Gasteiger charge is 2.39. The molecule has 0 bridgehead atoms. The number of halogens is 1. The van der Waals surface area contributed by atoms with E-state index in [1.54, 1.807) is 0 Å². The molecule has 2 atom stereocenters. The van der Waals surface area contributed by atoms with Crippen molar-refractivity contribution < 1.29 is 4.79 Å². The highest BCUT2D eigenvalue weighted by atomic mass is 35.5. The monoisotopic (exact) mass is 160 g/mol. The van der Waals surface area contributed by atoms with Gasteiger partial charge in [-0.25, -0.2) is 0 Å². The normalized spacial score (nSPS) is 40.0. The maximum absolute atomic E-state index is 10.7. The average molecular weight is 161 g/mol. The SMILES string of the molecule is CC1CCCC1(C=O)CCl. The van der Waals surface area contributed by atoms with Gasteiger partial charge in [-0.05, 0) is 18.8 Å². The van der Waals surface area contributed by atoms with Crippen molar-refractivity contribution in [3.8, 4) is 0 Å². The average Bonchev–Trinajstić information content (AvgIpc) is 2.32. The van der Waals surface area contributed by atoms with Crippen molar-refractivity contribution in [1.29, 1.82) is 0 Å². The molecule has 1 aliphatic carbocycles. The van der Waals surface area contributed by atoms with E-state index in [0.29, 0.717) is 11.8 Å². The highest BCUT2D eigenvalue weighted by molar-refractivity contribution is 6.19. The van der Waals surface area contributed by atoms with Gasteiger partial charge >= 0.3 is 0 Å². The molecule has 0 aromatic rings. The minimum absolute atomic E-state index is 0.179. The van der Waals surface area contributed by atoms with E-state index in [1.807, 2.05) is 0 Å². The van der Waals surface area contributed by atoms with Crippen LogP contribution in [0.2, 0.25) is 0 Å². The van der Waals surface area contributed by atoms with Gasteiger partial charge in [0.1, 0.15) is 6.29 Å². The standard InChI is InChI=1S/C8H13ClO/c1-7-3-2-4-8(7,5-9)6-10/h6-7H,2-5H2,1H3. The number of carbonyl (C=O) groups excluding carboxylic acids is 1. The molecule has 0 aromatic heterocycles. The molecule has 2 unspecified atom stereocenters. The fourth-order valence-electron chi connectivity index (χ4n) is 1.68. The van der Waals surface area contributed by atoms with Crippen LogP contribution in [0.1, 0.15) is 26.2 Å². The van der Waals surface area contributed by atoms with Crippen LogP contribution in [0.3, 0.4) is 0 Å². The van der Waals surface area contributed by atoms with Crippen LogP contribution in [-0.4, -0.2) is 12.2 Å². The molecule has 58 valence electrons. The maximum atomic E-state index is 10.7. The Morgan fingerprint density at radius 1 is 1.80 bits per heavy atom. The number of alkyl halides is 1. The predicted octanol–water partition coefficient (Wildman–Crippen LogP) is 2.23. The highest BCUT2D eigenvalue weighted by Crippen LogP contribution is 2.42. The van der Waals surface area contributed by atoms with Gasteiger partial charge in [0, 0.05) is 11.3 Å². The molecule has 1 nitrogen and oxygen atoms in total. The first-order valence-corrected chi connectivity index (χ1v) is 4.31. The van der Waals surface area contributed by atoms with Crippen molar-refractivity contribution in [2.75, 3.05) is 5.88 Å². The van der Waals surface area contributed by atoms with Gasteiger partial charge in [-0.2, -0.15) is 0 Å². The molecule has 1 aliphatic rings. The third-order valence-electron chi connectivity index (χ3n) is 2.74. The van der Waals surface area contributed by atoms with Gasteiger partial charge < -0.3 is 4.79 Å². The molecule has 1 saturated carbocycles. The Bertz CT molecular complexity index is 135. The van der Waals surface area contributed by atoms with Crippen LogP contribution >= 0.6 is 11.6 Å². The lowest BCUT2D eigenvalue weighted by molar-refractivity contribution is -0.116. The molecular weight excluding hydrogens is 148 g/mol. The number of hydrogen-bond donors (Lipinski definition) is 0. The summed E-state index contributed by atoms with van der Waals surface area (Å²) in [6.45, 7) is 2.11. The van der Waals surface area contributed by atoms with Crippen LogP contribution in [-0.2, 0) is 4.79 Å². The van der Waals surface area contributed by atoms with Gasteiger partial charge in [0.2, 0.25) is 0 Å². The fraction of sp³-hybridized carbons (Fsp3) is 0.875. The number of carbonyl (C=O) groups is 1. The van der Waals surface area contributed by atoms with E-state index in [-0.39, 0.29) is 5.41 Å². The Labute approximate surface area is 66.8 Å². The van der Waals surface area contributed by atoms with Crippen molar-refractivity contribution in [3.05, 3.63) is 0 Å². The summed E-state index contributed by atoms with van der Waals surface area (Å²) < 4.78 is 0. The Balaban J connectivity index is 2.70. The fourth-order valence-corrected chi connectivity index (χ4v) is 2.14. The van der Waals surface area contributed by atoms with Crippen LogP contribution < -0.4 is 0 Å². The van der Waals surface area contributed by atoms with E-state index in [2.05, 4.69) is 6.92 Å². The van der Waals surface area contributed by atoms with Gasteiger partial charge in [-0.1, -0.05) is 13.3 Å². The molecule has 0 heterocycles. The number of hydrogen-bond acceptors (Lipinski definition) is 1. The maximum Gasteiger partial charge on any atom is 0.127 e. The van der Waals surface area contributed by atoms with E-state index in [9.17, 15) is 4.79 Å². The molecule has 10 heavy (non-hydrogen) atoms. The Kier molecular flexibility index (Phi) is 2.35. The number of rotatable bonds is 2. The Hall–Kier alpha value is -0.0400. The van der Waals surface area contributed by atoms with Crippen molar-refractivity contribution >= 4 is 17.9 Å². The van der Waals surface area contributed by atoms with Gasteiger partial charge in [0.15, 0.2) is 0 Å². The summed E-state index contributed by atoms with van der Waals surface area (Å²) >= 11 is 5.73. The zero-order chi connectivity index (χ0) is 7.61. The molecular formula is C8H13ClO. The summed E-state index contributed by atoms with van der Waals surface area (Å²) in [4.78, 5) is 10.7. The largest absolute Gasteiger partial charge is 0.303 e. The molecule has 2 heteroatoms. The van der Waals surface area contributed by atoms with Crippen LogP contribution in [0.5, 0.6) is 0 Å². The second-order valence-electron chi connectivity index (χ2n) is 3.28. The Morgan fingerprint density at radius 2 is 2.50 bits per heavy atom. The summed E-state index contributed by atoms with van der Waals surface area (Å²) in [5.41, 5.74) is -0.179. The van der Waals surface area contributed by atoms with E-state index >= 15 is 0 Å². The predicted molar refractivity (Wildman–Crippen MR) is 42.2 cm³/mol. The van der Waals surface area contributed by atoms with Gasteiger partial charge in [-0.15, -0.1) is 11.6 Å². The molecule has 0 saturated heterocycles. The summed E-state index contributed by atoms with van der Waals surface area (Å²) in [6, 6.07) is 0. The summed E-state index contributed by atoms with van der Waals surface area (Å²) in [5.74, 6) is 0.986. The van der Waals surface area contributed by atoms with E-state index in [1.165, 1.54) is 0 Å². The van der Waals surface area contributed by atoms with Crippen molar-refractivity contribution in [1.82, 2.24) is 0 Å². The molecule has 0 amide bonds. The zero-order valence-electron chi connectivity index (χ0n) is 6.27. The third-order valence-corrected chi connectivity index (χ3v) is 3.24. The molecule has 0 radical (unpaired) electrons. The summed E-state index contributed by atoms with van der Waals surface area (Å²) in [5, 5.41) is 0. The van der Waals surface area contributed by atoms with Crippen molar-refractivity contribution in [2.45, 2.75) is 26.2 Å². The topological polar surface area (TPSA) is 17.1 Å². The Morgan fingerprint density at radius 3 is 2.70 bits per heavy atom. The van der Waals surface area contributed by atoms with Crippen LogP contribution in [0, 0.1) is 11.3 Å². The lowest BCUT2D eigenvalue weighted by Gasteiger charge is -2.23. The van der Waals surface area contributed by atoms with E-state index in [0.717, 1.165) is 25.5 Å². The van der Waals surface area contributed by atoms with Crippen LogP contribution in [0.15, 0.2) is 0 Å². The zero-order valence-corrected chi connectivity index (χ0v) is 7.03. The quantitative estimate of drug-likeness (QED) is 0.447. The van der Waals surface area contributed by atoms with Gasteiger partial charge in [0.05, 0.1) is 0 Å². The lowest BCUT2D eigenvalue weighted by Crippen LogP contribution is -2.27. The first-order chi connectivity index (χ1) is 4.75. The van der Waals surface area contributed by atoms with Crippen molar-refractivity contribution in [2.24, 2.45) is 11.3 Å². The second-order valence-corrected chi connectivity index (χ2v) is 3.55. The van der Waals surface area contributed by atoms with Gasteiger partial charge in [-0.3, -0.25) is 0 Å². The van der Waals surface area contributed by atoms with Crippen LogP contribution in [0.25, 0.3) is 0 Å². The molecule has 0 N–H and O–H groups in total. The lowest BCUT2D eigenvalue weighted by atomic mass is 9.82. The minimum Gasteiger partial charge on any atom is -0.303 e. The molecule has 0 aromatic carbocycles. The first-order valence-electron chi connectivity index (χ1n) is 3.77. The van der Waals surface area contributed by atoms with E-state index < -0.39 is 0 Å². The molecule has 1 fully saturated rings. The smallest absolute Gasteiger partial charge is 0.127 e. The summed E-state index contributed by atoms with van der Waals surface area (Å²) in [6.07, 6.45) is 4.36. The minimum atomic E-state index is -0.179. The first kappa shape index (κ1) is 8.06. The molecule has 0 spiro atoms. The van der Waals surface area contributed by atoms with Gasteiger partial charge in [0.25, 0.3) is 0 Å². The molecule has 1 rings (SSSR count). The second kappa shape index (κ2) is 2.91. The third kappa shape index (κ3) is 1.07. The molecule has 0 aliphatic heterocycles. The summed E-state index contributed by atoms with van der Waals surface area (Å²) in [7, 11) is 0. The van der Waals surface area contributed by atoms with E-state index in [4.69, 9.17) is 11.6 Å². The van der Waals surface area contributed by atoms with Crippen molar-refractivity contribution in [3.63, 3.8) is 0 Å².